The Morgan fingerprint density at radius 2 is 2.25 bits per heavy atom. The third kappa shape index (κ3) is 1.18. The van der Waals surface area contributed by atoms with Crippen molar-refractivity contribution in [2.45, 2.75) is 6.92 Å². The van der Waals surface area contributed by atoms with E-state index in [2.05, 4.69) is 20.5 Å². The molecule has 80 valence electrons. The zero-order valence-corrected chi connectivity index (χ0v) is 9.15. The van der Waals surface area contributed by atoms with Gasteiger partial charge in [-0.05, 0) is 41.6 Å². The predicted octanol–water partition coefficient (Wildman–Crippen LogP) is 1.77. The van der Waals surface area contributed by atoms with Crippen molar-refractivity contribution in [3.05, 3.63) is 28.8 Å². The van der Waals surface area contributed by atoms with Gasteiger partial charge in [-0.3, -0.25) is 9.67 Å². The van der Waals surface area contributed by atoms with Gasteiger partial charge in [0.1, 0.15) is 11.3 Å². The Morgan fingerprint density at radius 1 is 1.38 bits per heavy atom. The van der Waals surface area contributed by atoms with E-state index in [9.17, 15) is 0 Å². The van der Waals surface area contributed by atoms with E-state index in [0.717, 1.165) is 11.5 Å². The van der Waals surface area contributed by atoms with Gasteiger partial charge in [0.05, 0.1) is 5.69 Å². The summed E-state index contributed by atoms with van der Waals surface area (Å²) < 4.78 is 7.02. The van der Waals surface area contributed by atoms with Gasteiger partial charge in [0.25, 0.3) is 0 Å². The molecular formula is C9H7N5OS. The fraction of sp³-hybridized carbons (Fsp3) is 0.111. The molecule has 1 aromatic carbocycles. The van der Waals surface area contributed by atoms with Crippen LogP contribution in [0.3, 0.4) is 0 Å². The molecule has 3 rings (SSSR count). The van der Waals surface area contributed by atoms with Crippen molar-refractivity contribution in [3.8, 4) is 5.69 Å². The molecule has 0 aliphatic heterocycles. The lowest BCUT2D eigenvalue weighted by Crippen LogP contribution is -1.98. The van der Waals surface area contributed by atoms with Gasteiger partial charge >= 0.3 is 0 Å². The second kappa shape index (κ2) is 3.24. The highest BCUT2D eigenvalue weighted by molar-refractivity contribution is 7.71. The van der Waals surface area contributed by atoms with Gasteiger partial charge in [0, 0.05) is 0 Å². The number of fused-ring (bicyclic) bond motifs is 1. The Kier molecular flexibility index (Phi) is 1.87. The summed E-state index contributed by atoms with van der Waals surface area (Å²) in [6, 6.07) is 5.59. The predicted molar refractivity (Wildman–Crippen MR) is 58.8 cm³/mol. The summed E-state index contributed by atoms with van der Waals surface area (Å²) in [7, 11) is 0. The number of hydrogen-bond donors (Lipinski definition) is 1. The molecule has 0 unspecified atom stereocenters. The highest BCUT2D eigenvalue weighted by Gasteiger charge is 2.11. The molecule has 0 radical (unpaired) electrons. The number of aromatic nitrogens is 5. The van der Waals surface area contributed by atoms with E-state index in [0.29, 0.717) is 15.8 Å². The Hall–Kier alpha value is -2.02. The summed E-state index contributed by atoms with van der Waals surface area (Å²) in [6.07, 6.45) is 0. The minimum Gasteiger partial charge on any atom is -0.270 e. The lowest BCUT2D eigenvalue weighted by atomic mass is 10.2. The number of rotatable bonds is 1. The molecule has 7 heteroatoms. The first-order valence-electron chi connectivity index (χ1n) is 4.63. The molecule has 0 aliphatic carbocycles. The molecule has 0 saturated carbocycles. The average Bonchev–Trinajstić information content (AvgIpc) is 2.86. The molecule has 1 N–H and O–H groups in total. The van der Waals surface area contributed by atoms with Crippen LogP contribution >= 0.6 is 12.2 Å². The maximum atomic E-state index is 5.16. The van der Waals surface area contributed by atoms with Crippen LogP contribution in [-0.4, -0.2) is 25.1 Å². The van der Waals surface area contributed by atoms with E-state index in [1.54, 1.807) is 4.57 Å². The van der Waals surface area contributed by atoms with Gasteiger partial charge in [-0.15, -0.1) is 0 Å². The van der Waals surface area contributed by atoms with Crippen LogP contribution in [0, 0.1) is 11.7 Å². The number of nitrogens with zero attached hydrogens (tertiary/aromatic N) is 4. The largest absolute Gasteiger partial charge is 0.270 e. The summed E-state index contributed by atoms with van der Waals surface area (Å²) in [6.45, 7) is 1.86. The smallest absolute Gasteiger partial charge is 0.199 e. The molecule has 0 aliphatic rings. The fourth-order valence-electron chi connectivity index (χ4n) is 1.63. The summed E-state index contributed by atoms with van der Waals surface area (Å²) >= 11 is 5.16. The van der Waals surface area contributed by atoms with Crippen molar-refractivity contribution in [2.24, 2.45) is 0 Å². The molecule has 2 heterocycles. The minimum atomic E-state index is 0.521. The first kappa shape index (κ1) is 9.22. The number of nitrogens with one attached hydrogen (secondary N) is 1. The third-order valence-corrected chi connectivity index (χ3v) is 2.62. The van der Waals surface area contributed by atoms with E-state index < -0.39 is 0 Å². The van der Waals surface area contributed by atoms with Crippen molar-refractivity contribution in [1.29, 1.82) is 0 Å². The van der Waals surface area contributed by atoms with Crippen molar-refractivity contribution in [1.82, 2.24) is 25.1 Å². The van der Waals surface area contributed by atoms with Gasteiger partial charge in [-0.1, -0.05) is 6.07 Å². The molecule has 2 aromatic heterocycles. The second-order valence-corrected chi connectivity index (χ2v) is 3.71. The fourth-order valence-corrected chi connectivity index (χ4v) is 1.91. The van der Waals surface area contributed by atoms with Crippen LogP contribution in [0.25, 0.3) is 16.7 Å². The Labute approximate surface area is 94.9 Å². The average molecular weight is 233 g/mol. The van der Waals surface area contributed by atoms with Crippen molar-refractivity contribution >= 4 is 23.3 Å². The molecule has 0 saturated heterocycles. The molecular weight excluding hydrogens is 226 g/mol. The topological polar surface area (TPSA) is 72.5 Å². The zero-order valence-electron chi connectivity index (χ0n) is 8.34. The lowest BCUT2D eigenvalue weighted by molar-refractivity contribution is 0.315. The van der Waals surface area contributed by atoms with E-state index in [1.807, 2.05) is 25.1 Å². The van der Waals surface area contributed by atoms with E-state index in [1.165, 1.54) is 0 Å². The number of aryl methyl sites for hydroxylation is 1. The molecule has 3 aromatic rings. The van der Waals surface area contributed by atoms with Crippen LogP contribution in [0.5, 0.6) is 0 Å². The maximum Gasteiger partial charge on any atom is 0.199 e. The molecule has 0 atom stereocenters. The summed E-state index contributed by atoms with van der Waals surface area (Å²) in [5.74, 6) is 0.764. The second-order valence-electron chi connectivity index (χ2n) is 3.32. The Morgan fingerprint density at radius 3 is 3.00 bits per heavy atom. The minimum absolute atomic E-state index is 0.521. The first-order valence-corrected chi connectivity index (χ1v) is 5.04. The van der Waals surface area contributed by atoms with Crippen LogP contribution < -0.4 is 0 Å². The molecule has 0 fully saturated rings. The van der Waals surface area contributed by atoms with Crippen molar-refractivity contribution in [3.63, 3.8) is 0 Å². The molecule has 0 bridgehead atoms. The molecule has 0 amide bonds. The molecule has 16 heavy (non-hydrogen) atoms. The Bertz CT molecular complexity index is 710. The van der Waals surface area contributed by atoms with Crippen molar-refractivity contribution in [2.75, 3.05) is 0 Å². The molecule has 0 spiro atoms. The maximum absolute atomic E-state index is 5.16. The van der Waals surface area contributed by atoms with E-state index >= 15 is 0 Å². The number of hydrogen-bond acceptors (Lipinski definition) is 5. The van der Waals surface area contributed by atoms with Gasteiger partial charge in [-0.25, -0.2) is 4.63 Å². The summed E-state index contributed by atoms with van der Waals surface area (Å²) in [5, 5.41) is 14.4. The van der Waals surface area contributed by atoms with Crippen LogP contribution in [0.1, 0.15) is 5.82 Å². The van der Waals surface area contributed by atoms with Crippen LogP contribution in [0.2, 0.25) is 0 Å². The summed E-state index contributed by atoms with van der Waals surface area (Å²) in [4.78, 5) is 0. The SMILES string of the molecule is Cc1n[nH]c(=S)n1-c1cccc2nonc12. The van der Waals surface area contributed by atoms with Crippen LogP contribution in [0.4, 0.5) is 0 Å². The van der Waals surface area contributed by atoms with Crippen LogP contribution in [0.15, 0.2) is 22.8 Å². The van der Waals surface area contributed by atoms with Gasteiger partial charge in [-0.2, -0.15) is 5.10 Å². The van der Waals surface area contributed by atoms with Crippen molar-refractivity contribution < 1.29 is 4.63 Å². The third-order valence-electron chi connectivity index (χ3n) is 2.35. The number of H-pyrrole nitrogens is 1. The highest BCUT2D eigenvalue weighted by atomic mass is 32.1. The quantitative estimate of drug-likeness (QED) is 0.648. The molecule has 6 nitrogen and oxygen atoms in total. The van der Waals surface area contributed by atoms with E-state index in [4.69, 9.17) is 16.8 Å². The van der Waals surface area contributed by atoms with Gasteiger partial charge < -0.3 is 0 Å². The Balaban J connectivity index is 2.42. The highest BCUT2D eigenvalue weighted by Crippen LogP contribution is 2.19. The lowest BCUT2D eigenvalue weighted by Gasteiger charge is -2.02. The van der Waals surface area contributed by atoms with Gasteiger partial charge in [0.15, 0.2) is 10.3 Å². The number of aromatic amines is 1. The number of benzene rings is 1. The van der Waals surface area contributed by atoms with Gasteiger partial charge in [0.2, 0.25) is 0 Å². The van der Waals surface area contributed by atoms with E-state index in [-0.39, 0.29) is 0 Å². The first-order chi connectivity index (χ1) is 7.77. The monoisotopic (exact) mass is 233 g/mol. The summed E-state index contributed by atoms with van der Waals surface area (Å²) in [5.41, 5.74) is 2.18. The zero-order chi connectivity index (χ0) is 11.1. The standard InChI is InChI=1S/C9H7N5OS/c1-5-10-11-9(16)14(5)7-4-2-3-6-8(7)13-15-12-6/h2-4H,1H3,(H,11,16). The normalized spacial score (nSPS) is 11.1. The van der Waals surface area contributed by atoms with Crippen LogP contribution in [-0.2, 0) is 0 Å².